The van der Waals surface area contributed by atoms with Crippen LogP contribution in [0.1, 0.15) is 76.7 Å². The van der Waals surface area contributed by atoms with Gasteiger partial charge in [0.05, 0.1) is 0 Å². The molecular weight excluding hydrogens is 526 g/mol. The summed E-state index contributed by atoms with van der Waals surface area (Å²) in [5, 5.41) is 15.8. The summed E-state index contributed by atoms with van der Waals surface area (Å²) >= 11 is 0. The summed E-state index contributed by atoms with van der Waals surface area (Å²) in [6, 6.07) is 11.6. The van der Waals surface area contributed by atoms with Crippen LogP contribution in [0.2, 0.25) is 0 Å². The lowest BCUT2D eigenvalue weighted by atomic mass is 9.93. The van der Waals surface area contributed by atoms with Crippen molar-refractivity contribution in [3.05, 3.63) is 53.6 Å². The van der Waals surface area contributed by atoms with Crippen LogP contribution in [-0.2, 0) is 16.0 Å². The molecule has 1 heterocycles. The smallest absolute Gasteiger partial charge is 0.407 e. The molecule has 3 N–H and O–H groups in total. The van der Waals surface area contributed by atoms with E-state index in [1.165, 1.54) is 12.1 Å². The predicted octanol–water partition coefficient (Wildman–Crippen LogP) is 5.98. The molecule has 10 nitrogen and oxygen atoms in total. The van der Waals surface area contributed by atoms with E-state index >= 15 is 0 Å². The summed E-state index contributed by atoms with van der Waals surface area (Å²) in [4.78, 5) is 38.7. The second-order valence-electron chi connectivity index (χ2n) is 12.3. The zero-order valence-electron chi connectivity index (χ0n) is 24.9. The molecule has 2 aromatic carbocycles. The minimum atomic E-state index is -0.568. The zero-order valence-corrected chi connectivity index (χ0v) is 24.9. The first kappa shape index (κ1) is 31.6. The van der Waals surface area contributed by atoms with Crippen LogP contribution in [0, 0.1) is 5.92 Å². The van der Waals surface area contributed by atoms with Gasteiger partial charge in [0.1, 0.15) is 28.5 Å². The minimum absolute atomic E-state index is 0.0628. The van der Waals surface area contributed by atoms with E-state index in [0.717, 1.165) is 24.8 Å². The van der Waals surface area contributed by atoms with Gasteiger partial charge < -0.3 is 34.9 Å². The molecule has 0 spiro atoms. The van der Waals surface area contributed by atoms with Crippen LogP contribution in [0.25, 0.3) is 0 Å². The first-order chi connectivity index (χ1) is 19.2. The average Bonchev–Trinajstić information content (AvgIpc) is 2.86. The molecule has 1 fully saturated rings. The molecule has 0 unspecified atom stereocenters. The monoisotopic (exact) mass is 569 g/mol. The number of nitrogens with zero attached hydrogens (tertiary/aromatic N) is 1. The highest BCUT2D eigenvalue weighted by atomic mass is 16.6. The summed E-state index contributed by atoms with van der Waals surface area (Å²) in [6.45, 7) is 12.9. The van der Waals surface area contributed by atoms with Crippen LogP contribution < -0.4 is 15.4 Å². The SMILES string of the molecule is CC(C)(C)OC(=O)NCCC1CCN(C(=O)c2cc(O)cc(Oc3ccc(CNC(=O)OC(C)(C)C)cc3)c2)CC1. The fourth-order valence-corrected chi connectivity index (χ4v) is 4.37. The summed E-state index contributed by atoms with van der Waals surface area (Å²) in [5.41, 5.74) is 0.114. The molecule has 3 amide bonds. The molecule has 0 saturated carbocycles. The Balaban J connectivity index is 1.49. The molecule has 0 atom stereocenters. The molecule has 3 rings (SSSR count). The third-order valence-corrected chi connectivity index (χ3v) is 6.26. The fraction of sp³-hybridized carbons (Fsp3) is 0.516. The largest absolute Gasteiger partial charge is 0.508 e. The highest BCUT2D eigenvalue weighted by molar-refractivity contribution is 5.95. The number of carbonyl (C=O) groups excluding carboxylic acids is 3. The molecule has 0 aliphatic carbocycles. The van der Waals surface area contributed by atoms with Gasteiger partial charge in [-0.3, -0.25) is 4.79 Å². The number of phenols is 1. The van der Waals surface area contributed by atoms with Crippen LogP contribution in [-0.4, -0.2) is 58.9 Å². The second-order valence-corrected chi connectivity index (χ2v) is 12.3. The zero-order chi connectivity index (χ0) is 30.2. The van der Waals surface area contributed by atoms with E-state index < -0.39 is 23.4 Å². The van der Waals surface area contributed by atoms with Gasteiger partial charge in [-0.1, -0.05) is 12.1 Å². The van der Waals surface area contributed by atoms with Crippen LogP contribution in [0.15, 0.2) is 42.5 Å². The first-order valence-electron chi connectivity index (χ1n) is 14.0. The van der Waals surface area contributed by atoms with Gasteiger partial charge in [0.15, 0.2) is 0 Å². The van der Waals surface area contributed by atoms with Crippen molar-refractivity contribution in [1.29, 1.82) is 0 Å². The maximum absolute atomic E-state index is 13.2. The number of phenolic OH excluding ortho intramolecular Hbond substituents is 1. The van der Waals surface area contributed by atoms with Crippen LogP contribution >= 0.6 is 0 Å². The van der Waals surface area contributed by atoms with Gasteiger partial charge in [0.2, 0.25) is 0 Å². The van der Waals surface area contributed by atoms with Gasteiger partial charge in [0.25, 0.3) is 5.91 Å². The highest BCUT2D eigenvalue weighted by Gasteiger charge is 2.25. The number of hydrogen-bond acceptors (Lipinski definition) is 7. The molecule has 2 aromatic rings. The van der Waals surface area contributed by atoms with Crippen molar-refractivity contribution >= 4 is 18.1 Å². The normalized spacial score (nSPS) is 14.2. The number of rotatable bonds is 8. The molecular formula is C31H43N3O7. The lowest BCUT2D eigenvalue weighted by Crippen LogP contribution is -2.39. The molecule has 0 bridgehead atoms. The standard InChI is InChI=1S/C31H43N3O7/c1-30(2,3)40-28(37)32-14-11-21-12-15-34(16-13-21)27(36)23-17-24(35)19-26(18-23)39-25-9-7-22(8-10-25)20-33-29(38)41-31(4,5)6/h7-10,17-19,21,35H,11-16,20H2,1-6H3,(H,32,37)(H,33,38). The van der Waals surface area contributed by atoms with E-state index in [4.69, 9.17) is 14.2 Å². The van der Waals surface area contributed by atoms with Gasteiger partial charge >= 0.3 is 12.2 Å². The lowest BCUT2D eigenvalue weighted by Gasteiger charge is -2.32. The van der Waals surface area contributed by atoms with Gasteiger partial charge in [-0.15, -0.1) is 0 Å². The predicted molar refractivity (Wildman–Crippen MR) is 155 cm³/mol. The maximum atomic E-state index is 13.2. The number of likely N-dealkylation sites (tertiary alicyclic amines) is 1. The Morgan fingerprint density at radius 2 is 1.44 bits per heavy atom. The molecule has 1 aliphatic rings. The fourth-order valence-electron chi connectivity index (χ4n) is 4.37. The molecule has 10 heteroatoms. The average molecular weight is 570 g/mol. The molecule has 1 saturated heterocycles. The topological polar surface area (TPSA) is 126 Å². The summed E-state index contributed by atoms with van der Waals surface area (Å²) in [6.07, 6.45) is 1.58. The van der Waals surface area contributed by atoms with E-state index in [9.17, 15) is 19.5 Å². The van der Waals surface area contributed by atoms with Crippen molar-refractivity contribution in [2.45, 2.75) is 78.6 Å². The number of carbonyl (C=O) groups is 3. The Bertz CT molecular complexity index is 1190. The number of amides is 3. The summed E-state index contributed by atoms with van der Waals surface area (Å²) in [5.74, 6) is 1.04. The van der Waals surface area contributed by atoms with Gasteiger partial charge in [-0.05, 0) is 96.6 Å². The third-order valence-electron chi connectivity index (χ3n) is 6.26. The van der Waals surface area contributed by atoms with Crippen LogP contribution in [0.4, 0.5) is 9.59 Å². The molecule has 1 aliphatic heterocycles. The van der Waals surface area contributed by atoms with Crippen LogP contribution in [0.3, 0.4) is 0 Å². The minimum Gasteiger partial charge on any atom is -0.508 e. The quantitative estimate of drug-likeness (QED) is 0.357. The molecule has 224 valence electrons. The van der Waals surface area contributed by atoms with Crippen molar-refractivity contribution in [1.82, 2.24) is 15.5 Å². The van der Waals surface area contributed by atoms with Gasteiger partial charge in [0, 0.05) is 37.8 Å². The van der Waals surface area contributed by atoms with Crippen molar-refractivity contribution in [2.75, 3.05) is 19.6 Å². The van der Waals surface area contributed by atoms with Gasteiger partial charge in [-0.2, -0.15) is 0 Å². The first-order valence-corrected chi connectivity index (χ1v) is 14.0. The van der Waals surface area contributed by atoms with Crippen molar-refractivity contribution < 1.29 is 33.7 Å². The Hall–Kier alpha value is -3.95. The van der Waals surface area contributed by atoms with Crippen molar-refractivity contribution in [3.63, 3.8) is 0 Å². The Labute approximate surface area is 242 Å². The number of alkyl carbamates (subject to hydrolysis) is 2. The van der Waals surface area contributed by atoms with Crippen molar-refractivity contribution in [2.24, 2.45) is 5.92 Å². The summed E-state index contributed by atoms with van der Waals surface area (Å²) < 4.78 is 16.4. The summed E-state index contributed by atoms with van der Waals surface area (Å²) in [7, 11) is 0. The Morgan fingerprint density at radius 1 is 0.854 bits per heavy atom. The van der Waals surface area contributed by atoms with E-state index in [1.54, 1.807) is 43.9 Å². The highest BCUT2D eigenvalue weighted by Crippen LogP contribution is 2.29. The number of ether oxygens (including phenoxy) is 3. The van der Waals surface area contributed by atoms with Gasteiger partial charge in [-0.25, -0.2) is 9.59 Å². The van der Waals surface area contributed by atoms with Crippen LogP contribution in [0.5, 0.6) is 17.2 Å². The second kappa shape index (κ2) is 13.6. The number of benzene rings is 2. The molecule has 0 aromatic heterocycles. The number of nitrogens with one attached hydrogen (secondary N) is 2. The molecule has 41 heavy (non-hydrogen) atoms. The lowest BCUT2D eigenvalue weighted by molar-refractivity contribution is 0.0510. The third kappa shape index (κ3) is 11.2. The number of hydrogen-bond donors (Lipinski definition) is 3. The van der Waals surface area contributed by atoms with E-state index in [2.05, 4.69) is 10.6 Å². The van der Waals surface area contributed by atoms with Crippen molar-refractivity contribution in [3.8, 4) is 17.2 Å². The number of aromatic hydroxyl groups is 1. The Morgan fingerprint density at radius 3 is 2.02 bits per heavy atom. The van der Waals surface area contributed by atoms with E-state index in [0.29, 0.717) is 49.2 Å². The van der Waals surface area contributed by atoms with E-state index in [1.807, 2.05) is 32.9 Å². The Kier molecular flexibility index (Phi) is 10.5. The maximum Gasteiger partial charge on any atom is 0.407 e. The number of piperidine rings is 1. The molecule has 0 radical (unpaired) electrons. The van der Waals surface area contributed by atoms with E-state index in [-0.39, 0.29) is 11.7 Å².